The van der Waals surface area contributed by atoms with Crippen molar-refractivity contribution in [3.63, 3.8) is 0 Å². The van der Waals surface area contributed by atoms with Crippen LogP contribution < -0.4 is 0 Å². The van der Waals surface area contributed by atoms with Gasteiger partial charge >= 0.3 is 0 Å². The van der Waals surface area contributed by atoms with Gasteiger partial charge in [-0.05, 0) is 62.0 Å². The van der Waals surface area contributed by atoms with E-state index in [0.29, 0.717) is 18.8 Å². The maximum atomic E-state index is 14.4. The zero-order valence-corrected chi connectivity index (χ0v) is 21.8. The summed E-state index contributed by atoms with van der Waals surface area (Å²) >= 11 is 0. The number of allylic oxidation sites excluding steroid dienone is 1. The molecule has 0 radical (unpaired) electrons. The molecule has 0 aromatic carbocycles. The Kier molecular flexibility index (Phi) is 4.53. The van der Waals surface area contributed by atoms with Crippen molar-refractivity contribution in [1.29, 1.82) is 0 Å². The Morgan fingerprint density at radius 1 is 1.19 bits per heavy atom. The summed E-state index contributed by atoms with van der Waals surface area (Å²) in [7, 11) is 0. The Balaban J connectivity index is 1.48. The van der Waals surface area contributed by atoms with E-state index in [1.165, 1.54) is 5.57 Å². The normalized spacial score (nSPS) is 51.2. The van der Waals surface area contributed by atoms with Crippen LogP contribution in [0.4, 0.5) is 0 Å². The molecule has 0 aromatic rings. The number of hydrogen-bond acceptors (Lipinski definition) is 7. The molecule has 0 amide bonds. The Morgan fingerprint density at radius 2 is 1.97 bits per heavy atom. The molecule has 3 saturated heterocycles. The fraction of sp³-hybridized carbons (Fsp3) is 0.759. The fourth-order valence-corrected chi connectivity index (χ4v) is 9.94. The minimum atomic E-state index is -1.48. The van der Waals surface area contributed by atoms with Crippen LogP contribution in [-0.2, 0) is 28.5 Å². The van der Waals surface area contributed by atoms with Gasteiger partial charge in [-0.15, -0.1) is 6.58 Å². The van der Waals surface area contributed by atoms with Gasteiger partial charge in [0.2, 0.25) is 5.79 Å². The predicted molar refractivity (Wildman–Crippen MR) is 129 cm³/mol. The number of aliphatic hydroxyl groups is 1. The van der Waals surface area contributed by atoms with Crippen molar-refractivity contribution in [2.45, 2.75) is 89.9 Å². The van der Waals surface area contributed by atoms with Crippen LogP contribution in [0.1, 0.15) is 59.8 Å². The van der Waals surface area contributed by atoms with Gasteiger partial charge in [-0.2, -0.15) is 0 Å². The summed E-state index contributed by atoms with van der Waals surface area (Å²) in [6, 6.07) is 0. The zero-order valence-electron chi connectivity index (χ0n) is 21.8. The average Bonchev–Trinajstić information content (AvgIpc) is 2.93. The molecule has 3 saturated carbocycles. The third-order valence-corrected chi connectivity index (χ3v) is 10.6. The summed E-state index contributed by atoms with van der Waals surface area (Å²) < 4.78 is 32.6. The van der Waals surface area contributed by atoms with E-state index < -0.39 is 34.6 Å². The first kappa shape index (κ1) is 23.6. The van der Waals surface area contributed by atoms with Crippen LogP contribution in [0.5, 0.6) is 0 Å². The van der Waals surface area contributed by atoms with Crippen LogP contribution in [-0.4, -0.2) is 54.2 Å². The molecule has 1 N–H and O–H groups in total. The van der Waals surface area contributed by atoms with Crippen molar-refractivity contribution in [1.82, 2.24) is 0 Å². The van der Waals surface area contributed by atoms with Gasteiger partial charge in [-0.3, -0.25) is 4.79 Å². The highest BCUT2D eigenvalue weighted by Crippen LogP contribution is 2.80. The number of rotatable bonds is 3. The Hall–Kier alpha value is -1.51. The molecule has 9 atom stereocenters. The van der Waals surface area contributed by atoms with Gasteiger partial charge in [0, 0.05) is 18.3 Å². The highest BCUT2D eigenvalue weighted by molar-refractivity contribution is 6.05. The summed E-state index contributed by atoms with van der Waals surface area (Å²) in [5.41, 5.74) is -0.226. The first-order chi connectivity index (χ1) is 17.0. The van der Waals surface area contributed by atoms with Gasteiger partial charge in [-0.1, -0.05) is 26.5 Å². The molecule has 0 unspecified atom stereocenters. The maximum absolute atomic E-state index is 14.4. The van der Waals surface area contributed by atoms with Crippen molar-refractivity contribution >= 4 is 5.78 Å². The van der Waals surface area contributed by atoms with Crippen LogP contribution in [0.2, 0.25) is 0 Å². The number of hydrogen-bond donors (Lipinski definition) is 1. The average molecular weight is 499 g/mol. The molecule has 36 heavy (non-hydrogen) atoms. The zero-order chi connectivity index (χ0) is 25.5. The quantitative estimate of drug-likeness (QED) is 0.465. The second kappa shape index (κ2) is 6.92. The first-order valence-corrected chi connectivity index (χ1v) is 13.5. The van der Waals surface area contributed by atoms with Crippen molar-refractivity contribution < 1.29 is 33.6 Å². The van der Waals surface area contributed by atoms with Gasteiger partial charge in [-0.25, -0.2) is 0 Å². The summed E-state index contributed by atoms with van der Waals surface area (Å²) in [5, 5.41) is 12.4. The Morgan fingerprint density at radius 3 is 2.72 bits per heavy atom. The number of ether oxygens (including phenoxy) is 5. The van der Waals surface area contributed by atoms with E-state index in [0.717, 1.165) is 37.9 Å². The third-order valence-electron chi connectivity index (χ3n) is 10.6. The minimum Gasteiger partial charge on any atom is -0.469 e. The van der Waals surface area contributed by atoms with Crippen LogP contribution in [0, 0.1) is 34.0 Å². The smallest absolute Gasteiger partial charge is 0.213 e. The number of ketones is 1. The van der Waals surface area contributed by atoms with Gasteiger partial charge in [0.15, 0.2) is 17.9 Å². The maximum Gasteiger partial charge on any atom is 0.213 e. The molecule has 8 rings (SSSR count). The van der Waals surface area contributed by atoms with Gasteiger partial charge in [0.05, 0.1) is 24.7 Å². The van der Waals surface area contributed by atoms with Crippen molar-refractivity contribution in [2.24, 2.45) is 34.0 Å². The first-order valence-electron chi connectivity index (χ1n) is 13.5. The molecule has 4 heterocycles. The van der Waals surface area contributed by atoms with Gasteiger partial charge in [0.25, 0.3) is 0 Å². The lowest BCUT2D eigenvalue weighted by atomic mass is 9.36. The van der Waals surface area contributed by atoms with Crippen LogP contribution in [0.3, 0.4) is 0 Å². The van der Waals surface area contributed by atoms with Crippen molar-refractivity contribution in [2.75, 3.05) is 13.2 Å². The summed E-state index contributed by atoms with van der Waals surface area (Å²) in [4.78, 5) is 14.4. The van der Waals surface area contributed by atoms with E-state index in [2.05, 4.69) is 27.0 Å². The van der Waals surface area contributed by atoms with E-state index in [1.54, 1.807) is 6.08 Å². The minimum absolute atomic E-state index is 0.0622. The van der Waals surface area contributed by atoms with E-state index in [-0.39, 0.29) is 35.2 Å². The molecule has 4 bridgehead atoms. The Bertz CT molecular complexity index is 1100. The molecule has 4 aliphatic carbocycles. The van der Waals surface area contributed by atoms with Gasteiger partial charge in [0.1, 0.15) is 17.3 Å². The lowest BCUT2D eigenvalue weighted by Crippen LogP contribution is -2.87. The highest BCUT2D eigenvalue weighted by Gasteiger charge is 2.90. The molecule has 7 nitrogen and oxygen atoms in total. The predicted octanol–water partition coefficient (Wildman–Crippen LogP) is 4.02. The molecule has 3 spiro atoms. The topological polar surface area (TPSA) is 83.5 Å². The lowest BCUT2D eigenvalue weighted by Gasteiger charge is -2.77. The summed E-state index contributed by atoms with van der Waals surface area (Å²) in [6.45, 7) is 16.9. The molecule has 6 fully saturated rings. The fourth-order valence-electron chi connectivity index (χ4n) is 9.94. The van der Waals surface area contributed by atoms with E-state index in [9.17, 15) is 9.90 Å². The third kappa shape index (κ3) is 2.37. The largest absolute Gasteiger partial charge is 0.469 e. The van der Waals surface area contributed by atoms with E-state index in [1.807, 2.05) is 13.8 Å². The number of Topliss-reactive ketones (excluding diaryl/α,β-unsaturated/α-hetero) is 1. The van der Waals surface area contributed by atoms with Crippen LogP contribution >= 0.6 is 0 Å². The molecule has 0 aromatic heterocycles. The van der Waals surface area contributed by atoms with Crippen molar-refractivity contribution in [3.8, 4) is 0 Å². The summed E-state index contributed by atoms with van der Waals surface area (Å²) in [5.74, 6) is -2.13. The molecular weight excluding hydrogens is 460 g/mol. The monoisotopic (exact) mass is 498 g/mol. The molecule has 8 aliphatic rings. The van der Waals surface area contributed by atoms with Crippen molar-refractivity contribution in [3.05, 3.63) is 36.1 Å². The van der Waals surface area contributed by atoms with E-state index >= 15 is 0 Å². The summed E-state index contributed by atoms with van der Waals surface area (Å²) in [6.07, 6.45) is 3.95. The molecule has 4 aliphatic heterocycles. The lowest BCUT2D eigenvalue weighted by molar-refractivity contribution is -0.527. The van der Waals surface area contributed by atoms with E-state index in [4.69, 9.17) is 23.7 Å². The standard InChI is InChI=1S/C29H38O7/c1-7-12-32-19-11-8-16-13-25(3,4)20-22(31)29-28-18(27(20,14-33-29)23(16)34-19)10-9-17(15(2)21(28)30)24(28)35-26(5,6)36-29/h7,17-20,22,24,31H,1-2,8-14H2,3-6H3/t17-,18-,19+,20+,22-,24+,27-,28-,29+/m0/s1. The van der Waals surface area contributed by atoms with Gasteiger partial charge < -0.3 is 28.8 Å². The number of fused-ring (bicyclic) bond motifs is 1. The number of aliphatic hydroxyl groups excluding tert-OH is 1. The number of carbonyl (C=O) groups is 1. The molecule has 7 heteroatoms. The highest BCUT2D eigenvalue weighted by atomic mass is 16.8. The molecular formula is C29H38O7. The molecule has 196 valence electrons. The Labute approximate surface area is 212 Å². The number of carbonyl (C=O) groups excluding carboxylic acids is 1. The second-order valence-electron chi connectivity index (χ2n) is 13.2. The second-order valence-corrected chi connectivity index (χ2v) is 13.2. The SMILES string of the molecule is C=CCO[C@H]1CCC2=C(O1)[C@@]13CO[C@@]4(OC(C)(C)O[C@@H]5[C@H]6CC[C@@H]1[C@]54C(=O)C6=C)[C@@H](O)[C@@H]3C(C)(C)C2. The van der Waals surface area contributed by atoms with Crippen LogP contribution in [0.25, 0.3) is 0 Å². The van der Waals surface area contributed by atoms with Crippen LogP contribution in [0.15, 0.2) is 36.1 Å².